The summed E-state index contributed by atoms with van der Waals surface area (Å²) >= 11 is 3.09. The molecule has 1 unspecified atom stereocenters. The molecule has 0 fully saturated rings. The smallest absolute Gasteiger partial charge is 0.247 e. The Hall–Kier alpha value is -0.370. The fourth-order valence-corrected chi connectivity index (χ4v) is 4.19. The third kappa shape index (κ3) is 3.81. The second-order valence-corrected chi connectivity index (χ2v) is 7.10. The van der Waals surface area contributed by atoms with Crippen LogP contribution in [0.5, 0.6) is 0 Å². The zero-order chi connectivity index (χ0) is 14.6. The quantitative estimate of drug-likeness (QED) is 0.817. The van der Waals surface area contributed by atoms with Gasteiger partial charge in [0.05, 0.1) is 0 Å². The highest BCUT2D eigenvalue weighted by atomic mass is 79.9. The van der Waals surface area contributed by atoms with Crippen LogP contribution in [0, 0.1) is 5.92 Å². The lowest BCUT2D eigenvalue weighted by molar-refractivity contribution is 0.245. The molecule has 0 aliphatic heterocycles. The number of nitrogens with zero attached hydrogens (tertiary/aromatic N) is 1. The molecular formula is C12H20BrNO4S. The van der Waals surface area contributed by atoms with Gasteiger partial charge in [-0.2, -0.15) is 4.31 Å². The van der Waals surface area contributed by atoms with Crippen LogP contribution < -0.4 is 0 Å². The second kappa shape index (κ2) is 6.88. The number of sulfonamides is 1. The highest BCUT2D eigenvalue weighted by Gasteiger charge is 2.29. The first-order valence-electron chi connectivity index (χ1n) is 6.25. The van der Waals surface area contributed by atoms with Crippen LogP contribution in [-0.2, 0) is 16.6 Å². The van der Waals surface area contributed by atoms with Crippen LogP contribution in [0.25, 0.3) is 0 Å². The molecule has 1 atom stereocenters. The molecule has 5 nitrogen and oxygen atoms in total. The molecule has 0 amide bonds. The summed E-state index contributed by atoms with van der Waals surface area (Å²) in [5.74, 6) is 0.516. The Morgan fingerprint density at radius 3 is 2.53 bits per heavy atom. The summed E-state index contributed by atoms with van der Waals surface area (Å²) in [4.78, 5) is 0.0710. The molecule has 1 aromatic rings. The molecule has 19 heavy (non-hydrogen) atoms. The summed E-state index contributed by atoms with van der Waals surface area (Å²) < 4.78 is 31.7. The average Bonchev–Trinajstić information content (AvgIpc) is 2.77. The number of hydrogen-bond donors (Lipinski definition) is 1. The van der Waals surface area contributed by atoms with Crippen LogP contribution >= 0.6 is 15.9 Å². The normalized spacial score (nSPS) is 14.0. The van der Waals surface area contributed by atoms with Gasteiger partial charge in [-0.3, -0.25) is 0 Å². The number of halogens is 1. The van der Waals surface area contributed by atoms with Crippen molar-refractivity contribution in [2.75, 3.05) is 13.1 Å². The van der Waals surface area contributed by atoms with Gasteiger partial charge < -0.3 is 9.52 Å². The second-order valence-electron chi connectivity index (χ2n) is 4.48. The largest absolute Gasteiger partial charge is 0.450 e. The van der Waals surface area contributed by atoms with Crippen molar-refractivity contribution >= 4 is 26.0 Å². The zero-order valence-electron chi connectivity index (χ0n) is 11.4. The first-order chi connectivity index (χ1) is 8.86. The Kier molecular flexibility index (Phi) is 6.04. The Bertz CT molecular complexity index is 512. The minimum Gasteiger partial charge on any atom is -0.450 e. The predicted molar refractivity (Wildman–Crippen MR) is 76.2 cm³/mol. The Labute approximate surface area is 122 Å². The molecule has 0 spiro atoms. The van der Waals surface area contributed by atoms with E-state index in [1.54, 1.807) is 6.92 Å². The summed E-state index contributed by atoms with van der Waals surface area (Å²) in [5.41, 5.74) is 0. The van der Waals surface area contributed by atoms with Crippen molar-refractivity contribution in [1.29, 1.82) is 0 Å². The minimum absolute atomic E-state index is 0.0710. The van der Waals surface area contributed by atoms with E-state index in [1.807, 2.05) is 13.8 Å². The molecule has 110 valence electrons. The molecule has 0 saturated heterocycles. The van der Waals surface area contributed by atoms with E-state index < -0.39 is 10.0 Å². The lowest BCUT2D eigenvalue weighted by Gasteiger charge is -2.22. The van der Waals surface area contributed by atoms with E-state index in [0.717, 1.165) is 6.42 Å². The third-order valence-corrected chi connectivity index (χ3v) is 5.84. The van der Waals surface area contributed by atoms with Crippen LogP contribution in [0.4, 0.5) is 0 Å². The molecule has 7 heteroatoms. The zero-order valence-corrected chi connectivity index (χ0v) is 13.8. The van der Waals surface area contributed by atoms with Gasteiger partial charge in [0.2, 0.25) is 10.0 Å². The molecular weight excluding hydrogens is 334 g/mol. The van der Waals surface area contributed by atoms with Crippen LogP contribution in [-0.4, -0.2) is 30.9 Å². The summed E-state index contributed by atoms with van der Waals surface area (Å²) in [6, 6.07) is 1.36. The molecule has 1 N–H and O–H groups in total. The monoisotopic (exact) mass is 353 g/mol. The molecule has 1 rings (SSSR count). The fraction of sp³-hybridized carbons (Fsp3) is 0.667. The highest BCUT2D eigenvalue weighted by Crippen LogP contribution is 2.29. The maximum Gasteiger partial charge on any atom is 0.247 e. The van der Waals surface area contributed by atoms with E-state index in [4.69, 9.17) is 9.52 Å². The summed E-state index contributed by atoms with van der Waals surface area (Å²) in [6.45, 7) is 6.40. The van der Waals surface area contributed by atoms with Gasteiger partial charge in [-0.15, -0.1) is 0 Å². The SMILES string of the molecule is CCC(C)CN(CC)S(=O)(=O)c1cc(CO)oc1Br. The summed E-state index contributed by atoms with van der Waals surface area (Å²) in [7, 11) is -3.59. The molecule has 0 aliphatic rings. The van der Waals surface area contributed by atoms with Gasteiger partial charge in [0.25, 0.3) is 0 Å². The van der Waals surface area contributed by atoms with Gasteiger partial charge in [0.15, 0.2) is 4.67 Å². The van der Waals surface area contributed by atoms with Crippen LogP contribution in [0.2, 0.25) is 0 Å². The van der Waals surface area contributed by atoms with Crippen LogP contribution in [0.3, 0.4) is 0 Å². The van der Waals surface area contributed by atoms with E-state index in [0.29, 0.717) is 13.1 Å². The van der Waals surface area contributed by atoms with Gasteiger partial charge >= 0.3 is 0 Å². The summed E-state index contributed by atoms with van der Waals surface area (Å²) in [5, 5.41) is 9.00. The first-order valence-corrected chi connectivity index (χ1v) is 8.49. The molecule has 0 aromatic carbocycles. The van der Waals surface area contributed by atoms with Crippen molar-refractivity contribution in [2.24, 2.45) is 5.92 Å². The van der Waals surface area contributed by atoms with E-state index in [9.17, 15) is 8.42 Å². The van der Waals surface area contributed by atoms with Gasteiger partial charge in [0.1, 0.15) is 17.3 Å². The Morgan fingerprint density at radius 1 is 1.47 bits per heavy atom. The maximum atomic E-state index is 12.5. The fourth-order valence-electron chi connectivity index (χ4n) is 1.66. The van der Waals surface area contributed by atoms with Crippen molar-refractivity contribution < 1.29 is 17.9 Å². The molecule has 0 radical (unpaired) electrons. The van der Waals surface area contributed by atoms with Crippen LogP contribution in [0.1, 0.15) is 33.0 Å². The van der Waals surface area contributed by atoms with Crippen molar-refractivity contribution in [3.8, 4) is 0 Å². The van der Waals surface area contributed by atoms with E-state index >= 15 is 0 Å². The first kappa shape index (κ1) is 16.7. The van der Waals surface area contributed by atoms with Crippen molar-refractivity contribution in [3.05, 3.63) is 16.5 Å². The van der Waals surface area contributed by atoms with Gasteiger partial charge in [-0.05, 0) is 21.8 Å². The molecule has 1 aromatic heterocycles. The standard InChI is InChI=1S/C12H20BrNO4S/c1-4-9(3)7-14(5-2)19(16,17)11-6-10(8-15)18-12(11)13/h6,9,15H,4-5,7-8H2,1-3H3. The highest BCUT2D eigenvalue weighted by molar-refractivity contribution is 9.10. The Balaban J connectivity index is 3.09. The third-order valence-electron chi connectivity index (χ3n) is 3.05. The molecule has 1 heterocycles. The number of hydrogen-bond acceptors (Lipinski definition) is 4. The van der Waals surface area contributed by atoms with Gasteiger partial charge in [0, 0.05) is 19.2 Å². The average molecular weight is 354 g/mol. The van der Waals surface area contributed by atoms with E-state index in [-0.39, 0.29) is 27.9 Å². The van der Waals surface area contributed by atoms with Gasteiger partial charge in [-0.25, -0.2) is 8.42 Å². The van der Waals surface area contributed by atoms with E-state index in [2.05, 4.69) is 15.9 Å². The van der Waals surface area contributed by atoms with Crippen molar-refractivity contribution in [3.63, 3.8) is 0 Å². The minimum atomic E-state index is -3.59. The molecule has 0 bridgehead atoms. The number of furan rings is 1. The lowest BCUT2D eigenvalue weighted by atomic mass is 10.1. The lowest BCUT2D eigenvalue weighted by Crippen LogP contribution is -2.34. The van der Waals surface area contributed by atoms with Crippen molar-refractivity contribution in [2.45, 2.75) is 38.7 Å². The topological polar surface area (TPSA) is 70.8 Å². The van der Waals surface area contributed by atoms with Crippen LogP contribution in [0.15, 0.2) is 20.0 Å². The number of aliphatic hydroxyl groups excluding tert-OH is 1. The van der Waals surface area contributed by atoms with E-state index in [1.165, 1.54) is 10.4 Å². The summed E-state index contributed by atoms with van der Waals surface area (Å²) in [6.07, 6.45) is 0.917. The van der Waals surface area contributed by atoms with Gasteiger partial charge in [-0.1, -0.05) is 27.2 Å². The molecule has 0 saturated carbocycles. The van der Waals surface area contributed by atoms with Crippen molar-refractivity contribution in [1.82, 2.24) is 4.31 Å². The Morgan fingerprint density at radius 2 is 2.11 bits per heavy atom. The predicted octanol–water partition coefficient (Wildman–Crippen LogP) is 2.59. The number of rotatable bonds is 7. The number of aliphatic hydroxyl groups is 1. The maximum absolute atomic E-state index is 12.5. The molecule has 0 aliphatic carbocycles.